The third kappa shape index (κ3) is 9.17. The number of phenols is 2. The van der Waals surface area contributed by atoms with Gasteiger partial charge in [0.15, 0.2) is 0 Å². The first-order chi connectivity index (χ1) is 31.8. The van der Waals surface area contributed by atoms with Gasteiger partial charge in [-0.15, -0.1) is 0 Å². The maximum absolute atomic E-state index is 11.8. The number of aromatic nitrogens is 4. The van der Waals surface area contributed by atoms with Crippen LogP contribution in [0.15, 0.2) is 109 Å². The van der Waals surface area contributed by atoms with Gasteiger partial charge >= 0.3 is 417 Å². The summed E-state index contributed by atoms with van der Waals surface area (Å²) in [5.41, 5.74) is 17.5. The Morgan fingerprint density at radius 2 is 0.794 bits per heavy atom. The van der Waals surface area contributed by atoms with E-state index in [1.807, 2.05) is 0 Å². The summed E-state index contributed by atoms with van der Waals surface area (Å²) < 4.78 is 4.32. The topological polar surface area (TPSA) is 92.0 Å². The zero-order chi connectivity index (χ0) is 48.8. The molecule has 0 saturated heterocycles. The molecule has 0 radical (unpaired) electrons. The SMILES string of the molecule is Cc1cc(-c2cc(-c3cc(C)cc(-c4cccc5[se]c(-c6cc(C(C)(C)C)cc(C(C)(C)C)c6O)nc45)c3)ncn2)cc(-c2cccc3[se]c(-c4cc(C(C)(C)C)cc(C(C)(C)C)c4O)nc23)c1. The number of nitrogens with zero attached hydrogens (tertiary/aromatic N) is 4. The molecule has 9 rings (SSSR count). The summed E-state index contributed by atoms with van der Waals surface area (Å²) in [7, 11) is 0. The Balaban J connectivity index is 1.09. The normalized spacial score (nSPS) is 12.7. The summed E-state index contributed by atoms with van der Waals surface area (Å²) in [6.07, 6.45) is 1.67. The molecule has 0 bridgehead atoms. The summed E-state index contributed by atoms with van der Waals surface area (Å²) >= 11 is -0.163. The predicted octanol–water partition coefficient (Wildman–Crippen LogP) is 14.9. The molecular weight excluding hydrogens is 967 g/mol. The van der Waals surface area contributed by atoms with Crippen LogP contribution in [0, 0.1) is 13.8 Å². The van der Waals surface area contributed by atoms with E-state index in [2.05, 4.69) is 200 Å². The number of aryl methyl sites for hydroxylation is 2. The van der Waals surface area contributed by atoms with Crippen LogP contribution in [0.3, 0.4) is 0 Å². The van der Waals surface area contributed by atoms with Gasteiger partial charge in [0.25, 0.3) is 0 Å². The van der Waals surface area contributed by atoms with Crippen molar-refractivity contribution in [3.8, 4) is 76.5 Å². The van der Waals surface area contributed by atoms with Crippen LogP contribution >= 0.6 is 0 Å². The van der Waals surface area contributed by atoms with Crippen LogP contribution < -0.4 is 0 Å². The Morgan fingerprint density at radius 1 is 0.412 bits per heavy atom. The molecular formula is C60H62N4O2Se2. The van der Waals surface area contributed by atoms with Crippen LogP contribution in [0.4, 0.5) is 0 Å². The van der Waals surface area contributed by atoms with Gasteiger partial charge in [-0.1, -0.05) is 0 Å². The van der Waals surface area contributed by atoms with Crippen molar-refractivity contribution in [2.45, 2.75) is 119 Å². The molecule has 2 N–H and O–H groups in total. The summed E-state index contributed by atoms with van der Waals surface area (Å²) in [4.78, 5) is 20.4. The molecule has 0 spiro atoms. The van der Waals surface area contributed by atoms with E-state index in [0.717, 1.165) is 98.3 Å². The van der Waals surface area contributed by atoms with Gasteiger partial charge < -0.3 is 0 Å². The van der Waals surface area contributed by atoms with Gasteiger partial charge in [0.05, 0.1) is 0 Å². The quantitative estimate of drug-likeness (QED) is 0.161. The second-order valence-corrected chi connectivity index (χ2v) is 27.0. The Bertz CT molecular complexity index is 3210. The molecule has 3 aromatic heterocycles. The van der Waals surface area contributed by atoms with Crippen LogP contribution in [-0.2, 0) is 21.7 Å². The van der Waals surface area contributed by atoms with E-state index >= 15 is 0 Å². The molecule has 0 unspecified atom stereocenters. The van der Waals surface area contributed by atoms with Gasteiger partial charge in [0, 0.05) is 0 Å². The first kappa shape index (κ1) is 47.4. The Hall–Kier alpha value is -5.62. The predicted molar refractivity (Wildman–Crippen MR) is 287 cm³/mol. The van der Waals surface area contributed by atoms with Crippen LogP contribution in [0.5, 0.6) is 11.5 Å². The van der Waals surface area contributed by atoms with Crippen LogP contribution in [-0.4, -0.2) is 59.2 Å². The van der Waals surface area contributed by atoms with Crippen molar-refractivity contribution in [2.75, 3.05) is 0 Å². The molecule has 0 aliphatic heterocycles. The van der Waals surface area contributed by atoms with Gasteiger partial charge in [-0.05, 0) is 0 Å². The second kappa shape index (κ2) is 17.1. The molecule has 8 heteroatoms. The van der Waals surface area contributed by atoms with Gasteiger partial charge in [-0.25, -0.2) is 0 Å². The zero-order valence-electron chi connectivity index (χ0n) is 41.9. The van der Waals surface area contributed by atoms with Crippen LogP contribution in [0.2, 0.25) is 0 Å². The van der Waals surface area contributed by atoms with Crippen molar-refractivity contribution in [1.82, 2.24) is 19.9 Å². The van der Waals surface area contributed by atoms with Gasteiger partial charge in [0.1, 0.15) is 0 Å². The molecule has 0 atom stereocenters. The molecule has 68 heavy (non-hydrogen) atoms. The van der Waals surface area contributed by atoms with E-state index < -0.39 is 0 Å². The van der Waals surface area contributed by atoms with E-state index in [-0.39, 0.29) is 50.7 Å². The molecule has 6 aromatic carbocycles. The Kier molecular flexibility index (Phi) is 11.9. The van der Waals surface area contributed by atoms with Crippen molar-refractivity contribution >= 4 is 48.6 Å². The number of rotatable bonds is 6. The second-order valence-electron chi connectivity index (χ2n) is 22.6. The van der Waals surface area contributed by atoms with E-state index in [9.17, 15) is 10.2 Å². The van der Waals surface area contributed by atoms with Crippen molar-refractivity contribution < 1.29 is 10.2 Å². The standard InChI is InChI=1S/C60H62N4O2Se2/c1-33-21-35(41-17-15-19-49-51(41)63-55(67-49)43-27-39(57(3,4)5)29-45(53(43)65)59(9,10)11)25-37(23-33)47-31-48(62-32-61-47)38-24-34(2)22-36(26-38)42-18-16-20-50-52(42)64-56(68-50)44-28-40(58(6,7)8)30-46(54(44)66)60(12,13)14/h15-32,65-66H,1-14H3. The number of benzene rings is 6. The van der Waals surface area contributed by atoms with E-state index in [1.165, 1.54) is 19.6 Å². The van der Waals surface area contributed by atoms with Gasteiger partial charge in [0.2, 0.25) is 0 Å². The first-order valence-corrected chi connectivity index (χ1v) is 26.9. The van der Waals surface area contributed by atoms with E-state index in [1.54, 1.807) is 6.33 Å². The minimum absolute atomic E-state index is 0.0815. The Morgan fingerprint density at radius 3 is 1.16 bits per heavy atom. The monoisotopic (exact) mass is 1030 g/mol. The van der Waals surface area contributed by atoms with E-state index in [4.69, 9.17) is 19.9 Å². The molecule has 0 aliphatic rings. The van der Waals surface area contributed by atoms with Gasteiger partial charge in [-0.2, -0.15) is 0 Å². The molecule has 0 fully saturated rings. The summed E-state index contributed by atoms with van der Waals surface area (Å²) in [5.74, 6) is 0.673. The van der Waals surface area contributed by atoms with Crippen molar-refractivity contribution in [3.63, 3.8) is 0 Å². The molecule has 9 aromatic rings. The molecule has 0 saturated carbocycles. The first-order valence-electron chi connectivity index (χ1n) is 23.5. The molecule has 0 aliphatic carbocycles. The number of hydrogen-bond acceptors (Lipinski definition) is 6. The molecule has 6 nitrogen and oxygen atoms in total. The minimum atomic E-state index is -0.226. The molecule has 0 amide bonds. The molecule has 346 valence electrons. The number of hydrogen-bond donors (Lipinski definition) is 2. The number of phenolic OH excluding ortho intramolecular Hbond substituents is 2. The summed E-state index contributed by atoms with van der Waals surface area (Å²) in [5, 5.41) is 23.6. The van der Waals surface area contributed by atoms with Crippen LogP contribution in [0.1, 0.15) is 116 Å². The maximum atomic E-state index is 11.8. The third-order valence-electron chi connectivity index (χ3n) is 12.9. The fraction of sp³-hybridized carbons (Fsp3) is 0.300. The summed E-state index contributed by atoms with van der Waals surface area (Å²) in [6.45, 7) is 30.6. The number of aromatic hydroxyl groups is 2. The van der Waals surface area contributed by atoms with E-state index in [0.29, 0.717) is 11.5 Å². The zero-order valence-corrected chi connectivity index (χ0v) is 45.3. The van der Waals surface area contributed by atoms with Crippen molar-refractivity contribution in [1.29, 1.82) is 0 Å². The average molecular weight is 1030 g/mol. The third-order valence-corrected chi connectivity index (χ3v) is 17.3. The van der Waals surface area contributed by atoms with Crippen molar-refractivity contribution in [2.24, 2.45) is 0 Å². The fourth-order valence-electron chi connectivity index (χ4n) is 9.04. The fourth-order valence-corrected chi connectivity index (χ4v) is 13.3. The van der Waals surface area contributed by atoms with Gasteiger partial charge in [-0.3, -0.25) is 0 Å². The number of fused-ring (bicyclic) bond motifs is 2. The average Bonchev–Trinajstić information content (AvgIpc) is 3.90. The summed E-state index contributed by atoms with van der Waals surface area (Å²) in [6, 6.07) is 37.0. The molecule has 3 heterocycles. The van der Waals surface area contributed by atoms with Crippen LogP contribution in [0.25, 0.3) is 84.6 Å². The Labute approximate surface area is 414 Å². The number of para-hydroxylation sites is 2. The van der Waals surface area contributed by atoms with Crippen molar-refractivity contribution in [3.05, 3.63) is 143 Å².